The van der Waals surface area contributed by atoms with Crippen molar-refractivity contribution < 1.29 is 4.79 Å². The summed E-state index contributed by atoms with van der Waals surface area (Å²) < 4.78 is 1.53. The molecule has 0 aliphatic rings. The first-order valence-electron chi connectivity index (χ1n) is 7.44. The van der Waals surface area contributed by atoms with E-state index in [0.717, 1.165) is 12.0 Å². The van der Waals surface area contributed by atoms with Gasteiger partial charge in [0.05, 0.1) is 12.2 Å². The highest BCUT2D eigenvalue weighted by Gasteiger charge is 2.09. The van der Waals surface area contributed by atoms with Gasteiger partial charge in [0.25, 0.3) is 5.56 Å². The molecule has 2 rings (SSSR count). The van der Waals surface area contributed by atoms with E-state index in [1.807, 2.05) is 37.9 Å². The van der Waals surface area contributed by atoms with Crippen LogP contribution in [0.3, 0.4) is 0 Å². The zero-order valence-corrected chi connectivity index (χ0v) is 13.3. The Morgan fingerprint density at radius 1 is 1.41 bits per heavy atom. The molecule has 0 bridgehead atoms. The Bertz CT molecular complexity index is 724. The number of pyridine rings is 1. The highest BCUT2D eigenvalue weighted by atomic mass is 16.2. The highest BCUT2D eigenvalue weighted by Crippen LogP contribution is 2.04. The van der Waals surface area contributed by atoms with E-state index in [-0.39, 0.29) is 18.0 Å². The van der Waals surface area contributed by atoms with Crippen LogP contribution in [0.25, 0.3) is 5.65 Å². The summed E-state index contributed by atoms with van der Waals surface area (Å²) in [5.74, 6) is -0.0162. The summed E-state index contributed by atoms with van der Waals surface area (Å²) in [5.41, 5.74) is 2.19. The number of nitrogens with one attached hydrogen (secondary N) is 1. The normalized spacial score (nSPS) is 11.1. The van der Waals surface area contributed by atoms with Crippen LogP contribution in [0.1, 0.15) is 24.6 Å². The molecule has 0 fully saturated rings. The van der Waals surface area contributed by atoms with Crippen molar-refractivity contribution >= 4 is 11.6 Å². The molecule has 1 amide bonds. The Hall–Kier alpha value is -2.21. The molecule has 2 aromatic heterocycles. The van der Waals surface area contributed by atoms with E-state index in [4.69, 9.17) is 0 Å². The molecule has 118 valence electrons. The highest BCUT2D eigenvalue weighted by molar-refractivity contribution is 5.77. The molecule has 0 saturated carbocycles. The largest absolute Gasteiger partial charge is 0.355 e. The van der Waals surface area contributed by atoms with E-state index in [2.05, 4.69) is 10.3 Å². The smallest absolute Gasteiger partial charge is 0.258 e. The molecule has 0 spiro atoms. The van der Waals surface area contributed by atoms with Gasteiger partial charge in [-0.3, -0.25) is 18.9 Å². The summed E-state index contributed by atoms with van der Waals surface area (Å²) >= 11 is 0. The van der Waals surface area contributed by atoms with E-state index < -0.39 is 0 Å². The lowest BCUT2D eigenvalue weighted by molar-refractivity contribution is -0.122. The van der Waals surface area contributed by atoms with E-state index in [9.17, 15) is 9.59 Å². The van der Waals surface area contributed by atoms with Gasteiger partial charge in [-0.1, -0.05) is 13.0 Å². The molecule has 0 atom stereocenters. The fourth-order valence-corrected chi connectivity index (χ4v) is 2.24. The van der Waals surface area contributed by atoms with Gasteiger partial charge in [-0.25, -0.2) is 4.98 Å². The third-order valence-electron chi connectivity index (χ3n) is 3.28. The number of carbonyl (C=O) groups excluding carboxylic acids is 1. The van der Waals surface area contributed by atoms with Gasteiger partial charge in [0, 0.05) is 25.4 Å². The van der Waals surface area contributed by atoms with Crippen LogP contribution < -0.4 is 10.9 Å². The lowest BCUT2D eigenvalue weighted by Crippen LogP contribution is -2.35. The van der Waals surface area contributed by atoms with Gasteiger partial charge in [-0.05, 0) is 32.0 Å². The Balaban J connectivity index is 2.10. The molecular formula is C16H22N4O2. The van der Waals surface area contributed by atoms with Gasteiger partial charge in [-0.15, -0.1) is 0 Å². The number of hydrogen-bond donors (Lipinski definition) is 1. The predicted molar refractivity (Wildman–Crippen MR) is 85.8 cm³/mol. The molecule has 0 unspecified atom stereocenters. The third-order valence-corrected chi connectivity index (χ3v) is 3.28. The molecule has 0 aliphatic carbocycles. The molecule has 0 aliphatic heterocycles. The van der Waals surface area contributed by atoms with Crippen LogP contribution in [-0.4, -0.2) is 40.3 Å². The topological polar surface area (TPSA) is 66.7 Å². The van der Waals surface area contributed by atoms with Crippen LogP contribution in [0.4, 0.5) is 0 Å². The average molecular weight is 302 g/mol. The minimum absolute atomic E-state index is 0.0162. The van der Waals surface area contributed by atoms with Crippen molar-refractivity contribution in [1.29, 1.82) is 0 Å². The number of amides is 1. The first-order valence-corrected chi connectivity index (χ1v) is 7.44. The average Bonchev–Trinajstić information content (AvgIpc) is 2.46. The number of rotatable bonds is 6. The number of hydrogen-bond acceptors (Lipinski definition) is 4. The number of nitrogens with zero attached hydrogens (tertiary/aromatic N) is 3. The van der Waals surface area contributed by atoms with Crippen molar-refractivity contribution in [3.05, 3.63) is 46.0 Å². The van der Waals surface area contributed by atoms with E-state index in [1.54, 1.807) is 6.20 Å². The van der Waals surface area contributed by atoms with Crippen molar-refractivity contribution in [2.75, 3.05) is 20.1 Å². The standard InChI is InChI=1S/C16H22N4O2/c1-4-7-17-15(21)11-19(3)10-13-8-16(22)20-9-12(2)5-6-14(20)18-13/h5-6,8-9H,4,7,10-11H2,1-3H3,(H,17,21). The van der Waals surface area contributed by atoms with Gasteiger partial charge in [0.15, 0.2) is 0 Å². The second-order valence-electron chi connectivity index (χ2n) is 5.54. The Labute approximate surface area is 129 Å². The monoisotopic (exact) mass is 302 g/mol. The minimum atomic E-state index is -0.104. The van der Waals surface area contributed by atoms with Crippen LogP contribution in [-0.2, 0) is 11.3 Å². The van der Waals surface area contributed by atoms with E-state index >= 15 is 0 Å². The molecule has 6 heteroatoms. The summed E-state index contributed by atoms with van der Waals surface area (Å²) in [6.45, 7) is 5.37. The Morgan fingerprint density at radius 3 is 2.91 bits per heavy atom. The van der Waals surface area contributed by atoms with Crippen molar-refractivity contribution in [2.24, 2.45) is 0 Å². The van der Waals surface area contributed by atoms with Gasteiger partial charge < -0.3 is 5.32 Å². The lowest BCUT2D eigenvalue weighted by atomic mass is 10.3. The summed E-state index contributed by atoms with van der Waals surface area (Å²) in [6, 6.07) is 5.27. The summed E-state index contributed by atoms with van der Waals surface area (Å²) in [5, 5.41) is 2.83. The lowest BCUT2D eigenvalue weighted by Gasteiger charge is -2.16. The van der Waals surface area contributed by atoms with Gasteiger partial charge in [0.1, 0.15) is 5.65 Å². The zero-order valence-electron chi connectivity index (χ0n) is 13.3. The molecule has 0 radical (unpaired) electrons. The van der Waals surface area contributed by atoms with Gasteiger partial charge in [0.2, 0.25) is 5.91 Å². The van der Waals surface area contributed by atoms with Crippen molar-refractivity contribution in [1.82, 2.24) is 19.6 Å². The third kappa shape index (κ3) is 4.14. The predicted octanol–water partition coefficient (Wildman–Crippen LogP) is 0.961. The number of fused-ring (bicyclic) bond motifs is 1. The van der Waals surface area contributed by atoms with Crippen LogP contribution >= 0.6 is 0 Å². The first-order chi connectivity index (χ1) is 10.5. The maximum Gasteiger partial charge on any atom is 0.258 e. The molecule has 2 heterocycles. The number of carbonyl (C=O) groups is 1. The minimum Gasteiger partial charge on any atom is -0.355 e. The maximum absolute atomic E-state index is 12.1. The number of likely N-dealkylation sites (N-methyl/N-ethyl adjacent to an activating group) is 1. The van der Waals surface area contributed by atoms with Gasteiger partial charge in [-0.2, -0.15) is 0 Å². The quantitative estimate of drug-likeness (QED) is 0.863. The van der Waals surface area contributed by atoms with E-state index in [1.165, 1.54) is 10.5 Å². The summed E-state index contributed by atoms with van der Waals surface area (Å²) in [7, 11) is 1.84. The summed E-state index contributed by atoms with van der Waals surface area (Å²) in [6.07, 6.45) is 2.69. The Morgan fingerprint density at radius 2 is 2.18 bits per heavy atom. The SMILES string of the molecule is CCCNC(=O)CN(C)Cc1cc(=O)n2cc(C)ccc2n1. The van der Waals surface area contributed by atoms with Crippen LogP contribution in [0, 0.1) is 6.92 Å². The summed E-state index contributed by atoms with van der Waals surface area (Å²) in [4.78, 5) is 30.1. The first kappa shape index (κ1) is 16.2. The van der Waals surface area contributed by atoms with Crippen LogP contribution in [0.15, 0.2) is 29.2 Å². The molecular weight excluding hydrogens is 280 g/mol. The van der Waals surface area contributed by atoms with Gasteiger partial charge >= 0.3 is 0 Å². The molecule has 2 aromatic rings. The molecule has 6 nitrogen and oxygen atoms in total. The van der Waals surface area contributed by atoms with Crippen LogP contribution in [0.5, 0.6) is 0 Å². The van der Waals surface area contributed by atoms with E-state index in [0.29, 0.717) is 24.4 Å². The van der Waals surface area contributed by atoms with Crippen molar-refractivity contribution in [2.45, 2.75) is 26.8 Å². The Kier molecular flexibility index (Phi) is 5.27. The second-order valence-corrected chi connectivity index (χ2v) is 5.54. The molecule has 0 aromatic carbocycles. The van der Waals surface area contributed by atoms with Crippen LogP contribution in [0.2, 0.25) is 0 Å². The molecule has 22 heavy (non-hydrogen) atoms. The zero-order chi connectivity index (χ0) is 16.1. The maximum atomic E-state index is 12.1. The van der Waals surface area contributed by atoms with Crippen molar-refractivity contribution in [3.63, 3.8) is 0 Å². The molecule has 1 N–H and O–H groups in total. The number of aryl methyl sites for hydroxylation is 1. The fraction of sp³-hybridized carbons (Fsp3) is 0.438. The fourth-order valence-electron chi connectivity index (χ4n) is 2.24. The number of aromatic nitrogens is 2. The van der Waals surface area contributed by atoms with Crippen molar-refractivity contribution in [3.8, 4) is 0 Å². The second kappa shape index (κ2) is 7.17. The molecule has 0 saturated heterocycles.